The largest absolute Gasteiger partial charge is 0.440 e. The Morgan fingerprint density at radius 2 is 2.18 bits per heavy atom. The molecule has 3 rings (SSSR count). The minimum atomic E-state index is -0.564. The molecule has 7 heteroatoms. The van der Waals surface area contributed by atoms with Crippen LogP contribution in [0.25, 0.3) is 11.1 Å². The van der Waals surface area contributed by atoms with E-state index in [0.29, 0.717) is 22.7 Å². The van der Waals surface area contributed by atoms with Gasteiger partial charge in [-0.05, 0) is 18.2 Å². The lowest BCUT2D eigenvalue weighted by Crippen LogP contribution is -2.38. The van der Waals surface area contributed by atoms with Gasteiger partial charge in [-0.3, -0.25) is 4.79 Å². The standard InChI is InChI=1S/C15H18N4O3/c1-15(2,3)13-18-9-6-8(4-5-11(9)22-13)17-12(20)10-7-16-14(21)19-10/h4-6,10H,7H2,1-3H3,(H,17,20)(H2,16,19,21)/t10-/m0/s1. The summed E-state index contributed by atoms with van der Waals surface area (Å²) in [5.41, 5.74) is 1.81. The number of oxazole rings is 1. The zero-order valence-electron chi connectivity index (χ0n) is 12.7. The van der Waals surface area contributed by atoms with Crippen molar-refractivity contribution in [2.75, 3.05) is 11.9 Å². The fourth-order valence-electron chi connectivity index (χ4n) is 2.17. The highest BCUT2D eigenvalue weighted by Crippen LogP contribution is 2.27. The number of urea groups is 1. The minimum absolute atomic E-state index is 0.178. The van der Waals surface area contributed by atoms with Crippen LogP contribution in [0.5, 0.6) is 0 Å². The second kappa shape index (κ2) is 5.01. The number of nitrogens with zero attached hydrogens (tertiary/aromatic N) is 1. The van der Waals surface area contributed by atoms with Crippen LogP contribution in [0, 0.1) is 0 Å². The van der Waals surface area contributed by atoms with Crippen molar-refractivity contribution in [1.29, 1.82) is 0 Å². The van der Waals surface area contributed by atoms with Gasteiger partial charge in [0.15, 0.2) is 5.58 Å². The highest BCUT2D eigenvalue weighted by Gasteiger charge is 2.27. The molecule has 1 saturated heterocycles. The molecule has 0 unspecified atom stereocenters. The van der Waals surface area contributed by atoms with E-state index in [1.807, 2.05) is 20.8 Å². The first-order chi connectivity index (χ1) is 10.3. The molecule has 2 aromatic rings. The number of hydrogen-bond acceptors (Lipinski definition) is 4. The monoisotopic (exact) mass is 302 g/mol. The van der Waals surface area contributed by atoms with E-state index in [0.717, 1.165) is 0 Å². The Morgan fingerprint density at radius 1 is 1.41 bits per heavy atom. The second-order valence-electron chi connectivity index (χ2n) is 6.35. The first-order valence-corrected chi connectivity index (χ1v) is 7.09. The molecule has 1 fully saturated rings. The molecule has 1 aliphatic rings. The van der Waals surface area contributed by atoms with E-state index in [4.69, 9.17) is 4.42 Å². The summed E-state index contributed by atoms with van der Waals surface area (Å²) in [6, 6.07) is 4.39. The Labute approximate surface area is 127 Å². The highest BCUT2D eigenvalue weighted by atomic mass is 16.3. The summed E-state index contributed by atoms with van der Waals surface area (Å²) in [5.74, 6) is 0.385. The van der Waals surface area contributed by atoms with Crippen LogP contribution >= 0.6 is 0 Å². The smallest absolute Gasteiger partial charge is 0.315 e. The Bertz CT molecular complexity index is 745. The third-order valence-electron chi connectivity index (χ3n) is 3.39. The van der Waals surface area contributed by atoms with Crippen LogP contribution in [0.15, 0.2) is 22.6 Å². The Kier molecular flexibility index (Phi) is 3.27. The average Bonchev–Trinajstić information content (AvgIpc) is 3.03. The van der Waals surface area contributed by atoms with Gasteiger partial charge in [-0.2, -0.15) is 0 Å². The van der Waals surface area contributed by atoms with E-state index in [1.54, 1.807) is 18.2 Å². The van der Waals surface area contributed by atoms with Crippen LogP contribution < -0.4 is 16.0 Å². The Morgan fingerprint density at radius 3 is 2.82 bits per heavy atom. The van der Waals surface area contributed by atoms with Gasteiger partial charge in [0.1, 0.15) is 11.6 Å². The van der Waals surface area contributed by atoms with Crippen molar-refractivity contribution in [3.8, 4) is 0 Å². The van der Waals surface area contributed by atoms with Crippen molar-refractivity contribution >= 4 is 28.7 Å². The van der Waals surface area contributed by atoms with Gasteiger partial charge in [-0.1, -0.05) is 20.8 Å². The average molecular weight is 302 g/mol. The molecule has 0 saturated carbocycles. The zero-order valence-corrected chi connectivity index (χ0v) is 12.7. The summed E-state index contributed by atoms with van der Waals surface area (Å²) in [7, 11) is 0. The molecule has 7 nitrogen and oxygen atoms in total. The molecule has 22 heavy (non-hydrogen) atoms. The third kappa shape index (κ3) is 2.74. The number of benzene rings is 1. The number of hydrogen-bond donors (Lipinski definition) is 3. The zero-order chi connectivity index (χ0) is 15.9. The summed E-state index contributed by atoms with van der Waals surface area (Å²) in [6.45, 7) is 6.35. The minimum Gasteiger partial charge on any atom is -0.440 e. The Hall–Kier alpha value is -2.57. The van der Waals surface area contributed by atoms with E-state index >= 15 is 0 Å². The number of rotatable bonds is 2. The number of amides is 3. The van der Waals surface area contributed by atoms with Crippen LogP contribution in [0.3, 0.4) is 0 Å². The molecule has 1 aromatic heterocycles. The lowest BCUT2D eigenvalue weighted by Gasteiger charge is -2.11. The SMILES string of the molecule is CC(C)(C)c1nc2cc(NC(=O)[C@@H]3CNC(=O)N3)ccc2o1. The number of anilines is 1. The fourth-order valence-corrected chi connectivity index (χ4v) is 2.17. The van der Waals surface area contributed by atoms with Gasteiger partial charge in [0.2, 0.25) is 11.8 Å². The second-order valence-corrected chi connectivity index (χ2v) is 6.35. The van der Waals surface area contributed by atoms with Crippen LogP contribution in [-0.2, 0) is 10.2 Å². The molecule has 3 N–H and O–H groups in total. The quantitative estimate of drug-likeness (QED) is 0.787. The molecule has 116 valence electrons. The van der Waals surface area contributed by atoms with E-state index in [1.165, 1.54) is 0 Å². The van der Waals surface area contributed by atoms with Crippen molar-refractivity contribution in [3.63, 3.8) is 0 Å². The molecule has 1 atom stereocenters. The van der Waals surface area contributed by atoms with E-state index in [2.05, 4.69) is 20.9 Å². The fraction of sp³-hybridized carbons (Fsp3) is 0.400. The lowest BCUT2D eigenvalue weighted by atomic mass is 9.97. The lowest BCUT2D eigenvalue weighted by molar-refractivity contribution is -0.117. The molecule has 0 bridgehead atoms. The first kappa shape index (κ1) is 14.4. The van der Waals surface area contributed by atoms with Crippen molar-refractivity contribution < 1.29 is 14.0 Å². The number of aromatic nitrogens is 1. The number of nitrogens with one attached hydrogen (secondary N) is 3. The van der Waals surface area contributed by atoms with Crippen molar-refractivity contribution in [3.05, 3.63) is 24.1 Å². The molecule has 1 aliphatic heterocycles. The summed E-state index contributed by atoms with van der Waals surface area (Å²) >= 11 is 0. The maximum Gasteiger partial charge on any atom is 0.315 e. The maximum atomic E-state index is 12.1. The number of fused-ring (bicyclic) bond motifs is 1. The maximum absolute atomic E-state index is 12.1. The van der Waals surface area contributed by atoms with Crippen molar-refractivity contribution in [1.82, 2.24) is 15.6 Å². The van der Waals surface area contributed by atoms with Gasteiger partial charge in [-0.25, -0.2) is 9.78 Å². The first-order valence-electron chi connectivity index (χ1n) is 7.09. The van der Waals surface area contributed by atoms with Gasteiger partial charge in [0.05, 0.1) is 0 Å². The molecule has 0 spiro atoms. The van der Waals surface area contributed by atoms with E-state index in [9.17, 15) is 9.59 Å². The summed E-state index contributed by atoms with van der Waals surface area (Å²) in [4.78, 5) is 27.6. The number of carbonyl (C=O) groups is 2. The predicted octanol–water partition coefficient (Wildman–Crippen LogP) is 1.75. The third-order valence-corrected chi connectivity index (χ3v) is 3.39. The molecular formula is C15H18N4O3. The molecule has 2 heterocycles. The molecule has 0 radical (unpaired) electrons. The molecule has 1 aromatic carbocycles. The topological polar surface area (TPSA) is 96.3 Å². The van der Waals surface area contributed by atoms with Gasteiger partial charge >= 0.3 is 6.03 Å². The van der Waals surface area contributed by atoms with Gasteiger partial charge < -0.3 is 20.4 Å². The predicted molar refractivity (Wildman–Crippen MR) is 81.7 cm³/mol. The Balaban J connectivity index is 1.80. The van der Waals surface area contributed by atoms with Crippen molar-refractivity contribution in [2.45, 2.75) is 32.2 Å². The van der Waals surface area contributed by atoms with Crippen LogP contribution in [0.4, 0.5) is 10.5 Å². The van der Waals surface area contributed by atoms with Crippen LogP contribution in [0.2, 0.25) is 0 Å². The molecule has 3 amide bonds. The molecule has 0 aliphatic carbocycles. The van der Waals surface area contributed by atoms with Gasteiger partial charge in [-0.15, -0.1) is 0 Å². The van der Waals surface area contributed by atoms with Gasteiger partial charge in [0.25, 0.3) is 0 Å². The summed E-state index contributed by atoms with van der Waals surface area (Å²) in [6.07, 6.45) is 0. The van der Waals surface area contributed by atoms with Crippen LogP contribution in [-0.4, -0.2) is 29.5 Å². The highest BCUT2D eigenvalue weighted by molar-refractivity contribution is 5.99. The summed E-state index contributed by atoms with van der Waals surface area (Å²) in [5, 5.41) is 7.86. The van der Waals surface area contributed by atoms with Gasteiger partial charge in [0, 0.05) is 17.6 Å². The van der Waals surface area contributed by atoms with E-state index in [-0.39, 0.29) is 23.9 Å². The van der Waals surface area contributed by atoms with E-state index < -0.39 is 6.04 Å². The normalized spacial score (nSPS) is 18.1. The van der Waals surface area contributed by atoms with Crippen LogP contribution in [0.1, 0.15) is 26.7 Å². The summed E-state index contributed by atoms with van der Waals surface area (Å²) < 4.78 is 5.72. The van der Waals surface area contributed by atoms with Crippen molar-refractivity contribution in [2.24, 2.45) is 0 Å². The molecular weight excluding hydrogens is 284 g/mol. The number of carbonyl (C=O) groups excluding carboxylic acids is 2.